The molecule has 1 unspecified atom stereocenters. The molecule has 0 radical (unpaired) electrons. The van der Waals surface area contributed by atoms with Gasteiger partial charge in [0, 0.05) is 13.2 Å². The molecule has 1 saturated carbocycles. The number of fused-ring (bicyclic) bond motifs is 1. The monoisotopic (exact) mass is 299 g/mol. The van der Waals surface area contributed by atoms with Gasteiger partial charge in [-0.3, -0.25) is 9.69 Å². The summed E-state index contributed by atoms with van der Waals surface area (Å²) >= 11 is 0. The lowest BCUT2D eigenvalue weighted by atomic mass is 9.94. The molecule has 2 rings (SSSR count). The van der Waals surface area contributed by atoms with Crippen LogP contribution in [0.2, 0.25) is 0 Å². The molecule has 2 fully saturated rings. The van der Waals surface area contributed by atoms with E-state index in [2.05, 4.69) is 0 Å². The van der Waals surface area contributed by atoms with E-state index in [-0.39, 0.29) is 18.2 Å². The number of hydrogen-bond acceptors (Lipinski definition) is 4. The Kier molecular flexibility index (Phi) is 4.19. The largest absolute Gasteiger partial charge is 0.481 e. The summed E-state index contributed by atoms with van der Waals surface area (Å²) in [6.45, 7) is 7.10. The van der Waals surface area contributed by atoms with E-state index in [1.165, 1.54) is 7.11 Å². The third kappa shape index (κ3) is 3.31. The summed E-state index contributed by atoms with van der Waals surface area (Å²) in [4.78, 5) is 25.4. The highest BCUT2D eigenvalue weighted by Crippen LogP contribution is 2.50. The van der Waals surface area contributed by atoms with E-state index < -0.39 is 23.6 Å². The SMILES string of the molecule is CO[C@H]([C@@H](C)C(=O)O)[C@@H]1C[C@H]2CC2N1C(=O)OC(C)(C)C. The lowest BCUT2D eigenvalue weighted by molar-refractivity contribution is -0.148. The molecule has 0 bridgehead atoms. The van der Waals surface area contributed by atoms with Gasteiger partial charge in [-0.2, -0.15) is 0 Å². The van der Waals surface area contributed by atoms with Gasteiger partial charge < -0.3 is 14.6 Å². The Balaban J connectivity index is 2.14. The second kappa shape index (κ2) is 5.48. The summed E-state index contributed by atoms with van der Waals surface area (Å²) in [5.74, 6) is -1.12. The van der Waals surface area contributed by atoms with Crippen LogP contribution in [0.3, 0.4) is 0 Å². The van der Waals surface area contributed by atoms with Crippen LogP contribution in [0, 0.1) is 11.8 Å². The molecule has 6 nitrogen and oxygen atoms in total. The van der Waals surface area contributed by atoms with E-state index in [0.29, 0.717) is 5.92 Å². The third-order valence-corrected chi connectivity index (χ3v) is 4.28. The van der Waals surface area contributed by atoms with Crippen LogP contribution >= 0.6 is 0 Å². The van der Waals surface area contributed by atoms with Crippen molar-refractivity contribution in [3.63, 3.8) is 0 Å². The molecule has 1 N–H and O–H groups in total. The highest BCUT2D eigenvalue weighted by molar-refractivity contribution is 5.72. The van der Waals surface area contributed by atoms with Crippen LogP contribution in [-0.2, 0) is 14.3 Å². The zero-order chi connectivity index (χ0) is 15.9. The third-order valence-electron chi connectivity index (χ3n) is 4.28. The number of nitrogens with zero attached hydrogens (tertiary/aromatic N) is 1. The Morgan fingerprint density at radius 1 is 1.29 bits per heavy atom. The van der Waals surface area contributed by atoms with Gasteiger partial charge in [-0.15, -0.1) is 0 Å². The van der Waals surface area contributed by atoms with E-state index in [0.717, 1.165) is 12.8 Å². The molecule has 1 aliphatic heterocycles. The fourth-order valence-electron chi connectivity index (χ4n) is 3.21. The van der Waals surface area contributed by atoms with Gasteiger partial charge in [0.05, 0.1) is 18.1 Å². The minimum Gasteiger partial charge on any atom is -0.481 e. The van der Waals surface area contributed by atoms with E-state index in [4.69, 9.17) is 9.47 Å². The zero-order valence-corrected chi connectivity index (χ0v) is 13.3. The number of piperidine rings is 1. The van der Waals surface area contributed by atoms with Crippen LogP contribution in [0.25, 0.3) is 0 Å². The maximum atomic E-state index is 12.4. The van der Waals surface area contributed by atoms with Gasteiger partial charge >= 0.3 is 12.1 Å². The highest BCUT2D eigenvalue weighted by Gasteiger charge is 2.58. The number of carboxylic acids is 1. The molecule has 0 aromatic carbocycles. The predicted molar refractivity (Wildman–Crippen MR) is 76.0 cm³/mol. The fraction of sp³-hybridized carbons (Fsp3) is 0.867. The number of aliphatic carboxylic acids is 1. The van der Waals surface area contributed by atoms with E-state index >= 15 is 0 Å². The number of carbonyl (C=O) groups is 2. The first-order chi connectivity index (χ1) is 9.65. The number of hydrogen-bond donors (Lipinski definition) is 1. The molecule has 6 heteroatoms. The molecule has 0 aromatic heterocycles. The van der Waals surface area contributed by atoms with Gasteiger partial charge in [-0.1, -0.05) is 0 Å². The molecule has 0 aromatic rings. The average Bonchev–Trinajstić information content (AvgIpc) is 2.98. The second-order valence-electron chi connectivity index (χ2n) is 7.08. The van der Waals surface area contributed by atoms with Crippen molar-refractivity contribution >= 4 is 12.1 Å². The molecule has 0 spiro atoms. The quantitative estimate of drug-likeness (QED) is 0.860. The predicted octanol–water partition coefficient (Wildman–Crippen LogP) is 2.12. The molecule has 120 valence electrons. The van der Waals surface area contributed by atoms with Crippen LogP contribution in [0.1, 0.15) is 40.5 Å². The van der Waals surface area contributed by atoms with Crippen molar-refractivity contribution in [2.45, 2.75) is 64.3 Å². The summed E-state index contributed by atoms with van der Waals surface area (Å²) in [7, 11) is 1.50. The van der Waals surface area contributed by atoms with Crippen molar-refractivity contribution in [1.29, 1.82) is 0 Å². The van der Waals surface area contributed by atoms with Crippen LogP contribution in [0.5, 0.6) is 0 Å². The summed E-state index contributed by atoms with van der Waals surface area (Å²) in [6.07, 6.45) is 0.896. The Labute approximate surface area is 125 Å². The molecule has 1 saturated heterocycles. The van der Waals surface area contributed by atoms with Crippen molar-refractivity contribution in [3.8, 4) is 0 Å². The molecular weight excluding hydrogens is 274 g/mol. The number of likely N-dealkylation sites (tertiary alicyclic amines) is 1. The standard InChI is InChI=1S/C15H25NO5/c1-8(13(17)18)12(20-5)11-7-9-6-10(9)16(11)14(19)21-15(2,3)4/h8-12H,6-7H2,1-5H3,(H,17,18)/t8-,9-,10?,11+,12-/m1/s1. The number of methoxy groups -OCH3 is 1. The highest BCUT2D eigenvalue weighted by atomic mass is 16.6. The lowest BCUT2D eigenvalue weighted by Gasteiger charge is -2.35. The van der Waals surface area contributed by atoms with Crippen molar-refractivity contribution in [2.75, 3.05) is 7.11 Å². The maximum Gasteiger partial charge on any atom is 0.410 e. The van der Waals surface area contributed by atoms with E-state index in [1.807, 2.05) is 20.8 Å². The minimum absolute atomic E-state index is 0.184. The van der Waals surface area contributed by atoms with Gasteiger partial charge in [0.25, 0.3) is 0 Å². The number of carbonyl (C=O) groups excluding carboxylic acids is 1. The normalized spacial score (nSPS) is 30.5. The van der Waals surface area contributed by atoms with Crippen molar-refractivity contribution in [2.24, 2.45) is 11.8 Å². The number of carboxylic acid groups (broad SMARTS) is 1. The summed E-state index contributed by atoms with van der Waals surface area (Å²) in [5.41, 5.74) is -0.560. The summed E-state index contributed by atoms with van der Waals surface area (Å²) in [6, 6.07) is -0.0387. The van der Waals surface area contributed by atoms with E-state index in [9.17, 15) is 14.7 Å². The second-order valence-corrected chi connectivity index (χ2v) is 7.08. The molecule has 5 atom stereocenters. The summed E-state index contributed by atoms with van der Waals surface area (Å²) in [5, 5.41) is 9.22. The van der Waals surface area contributed by atoms with Crippen LogP contribution < -0.4 is 0 Å². The molecule has 1 aliphatic carbocycles. The average molecular weight is 299 g/mol. The number of amides is 1. The van der Waals surface area contributed by atoms with Crippen molar-refractivity contribution < 1.29 is 24.2 Å². The van der Waals surface area contributed by atoms with Crippen LogP contribution in [0.4, 0.5) is 4.79 Å². The zero-order valence-electron chi connectivity index (χ0n) is 13.3. The Bertz CT molecular complexity index is 430. The molecule has 21 heavy (non-hydrogen) atoms. The Morgan fingerprint density at radius 3 is 2.38 bits per heavy atom. The lowest BCUT2D eigenvalue weighted by Crippen LogP contribution is -2.50. The first kappa shape index (κ1) is 16.1. The maximum absolute atomic E-state index is 12.4. The first-order valence-corrected chi connectivity index (χ1v) is 7.42. The Morgan fingerprint density at radius 2 is 1.90 bits per heavy atom. The number of rotatable bonds is 4. The van der Waals surface area contributed by atoms with Gasteiger partial charge in [0.1, 0.15) is 5.60 Å². The van der Waals surface area contributed by atoms with Gasteiger partial charge in [-0.05, 0) is 46.5 Å². The molecule has 2 aliphatic rings. The first-order valence-electron chi connectivity index (χ1n) is 7.42. The fourth-order valence-corrected chi connectivity index (χ4v) is 3.21. The smallest absolute Gasteiger partial charge is 0.410 e. The van der Waals surface area contributed by atoms with Crippen molar-refractivity contribution in [3.05, 3.63) is 0 Å². The van der Waals surface area contributed by atoms with Crippen LogP contribution in [0.15, 0.2) is 0 Å². The van der Waals surface area contributed by atoms with Gasteiger partial charge in [-0.25, -0.2) is 4.79 Å². The summed E-state index contributed by atoms with van der Waals surface area (Å²) < 4.78 is 10.9. The van der Waals surface area contributed by atoms with E-state index in [1.54, 1.807) is 11.8 Å². The molecule has 1 amide bonds. The minimum atomic E-state index is -0.911. The molecular formula is C15H25NO5. The molecule has 1 heterocycles. The Hall–Kier alpha value is -1.30. The van der Waals surface area contributed by atoms with Gasteiger partial charge in [0.15, 0.2) is 0 Å². The van der Waals surface area contributed by atoms with Crippen LogP contribution in [-0.4, -0.2) is 53.0 Å². The number of ether oxygens (including phenoxy) is 2. The topological polar surface area (TPSA) is 76.1 Å². The van der Waals surface area contributed by atoms with Gasteiger partial charge in [0.2, 0.25) is 0 Å². The van der Waals surface area contributed by atoms with Crippen molar-refractivity contribution in [1.82, 2.24) is 4.90 Å².